The van der Waals surface area contributed by atoms with Crippen LogP contribution in [0, 0.1) is 0 Å². The lowest BCUT2D eigenvalue weighted by Crippen LogP contribution is -2.32. The Morgan fingerprint density at radius 1 is 1.14 bits per heavy atom. The van der Waals surface area contributed by atoms with Crippen molar-refractivity contribution in [1.29, 1.82) is 0 Å². The maximum absolute atomic E-state index is 12.2. The number of aliphatic hydroxyl groups excluding tert-OH is 1. The lowest BCUT2D eigenvalue weighted by molar-refractivity contribution is 0.0697. The van der Waals surface area contributed by atoms with Crippen molar-refractivity contribution in [3.8, 4) is 17.2 Å². The molecule has 1 aliphatic heterocycles. The molecule has 0 saturated heterocycles. The average molecular weight is 289 g/mol. The van der Waals surface area contributed by atoms with Gasteiger partial charge in [0.2, 0.25) is 5.78 Å². The molecule has 4 N–H and O–H groups in total. The van der Waals surface area contributed by atoms with Gasteiger partial charge in [-0.1, -0.05) is 24.3 Å². The van der Waals surface area contributed by atoms with Crippen LogP contribution in [0.25, 0.3) is 0 Å². The number of fused-ring (bicyclic) bond motifs is 1. The third-order valence-electron chi connectivity index (χ3n) is 3.18. The molecular weight excluding hydrogens is 276 g/mol. The van der Waals surface area contributed by atoms with E-state index in [0.29, 0.717) is 5.57 Å². The van der Waals surface area contributed by atoms with Crippen molar-refractivity contribution in [2.75, 3.05) is 0 Å². The molecule has 6 heteroatoms. The lowest BCUT2D eigenvalue weighted by atomic mass is 9.95. The number of carbonyl (C=O) groups is 1. The van der Waals surface area contributed by atoms with Crippen molar-refractivity contribution in [3.63, 3.8) is 0 Å². The summed E-state index contributed by atoms with van der Waals surface area (Å²) in [7, 11) is 0. The number of phenols is 2. The molecule has 1 aliphatic carbocycles. The summed E-state index contributed by atoms with van der Waals surface area (Å²) in [6, 6.07) is 2.13. The first kappa shape index (κ1) is 12.2. The second-order valence-corrected chi connectivity index (χ2v) is 4.62. The van der Waals surface area contributed by atoms with E-state index in [9.17, 15) is 25.2 Å². The van der Waals surface area contributed by atoms with Gasteiger partial charge in [0, 0.05) is 17.7 Å². The third kappa shape index (κ3) is 2.20. The van der Waals surface area contributed by atoms with Crippen molar-refractivity contribution >= 4 is 5.78 Å². The molecular formula is C15H12O6. The van der Waals surface area contributed by atoms with Gasteiger partial charge < -0.3 is 25.2 Å². The minimum absolute atomic E-state index is 0.0798. The first-order valence-corrected chi connectivity index (χ1v) is 6.09. The van der Waals surface area contributed by atoms with Crippen LogP contribution in [0.1, 0.15) is 11.7 Å². The van der Waals surface area contributed by atoms with Gasteiger partial charge in [-0.3, -0.25) is 4.79 Å². The molecule has 1 aromatic rings. The Morgan fingerprint density at radius 2 is 1.81 bits per heavy atom. The van der Waals surface area contributed by atoms with Crippen molar-refractivity contribution in [2.24, 2.45) is 0 Å². The molecule has 0 radical (unpaired) electrons. The molecule has 1 aromatic carbocycles. The Balaban J connectivity index is 2.11. The van der Waals surface area contributed by atoms with Crippen LogP contribution in [-0.2, 0) is 0 Å². The largest absolute Gasteiger partial charge is 0.508 e. The molecule has 6 nitrogen and oxygen atoms in total. The van der Waals surface area contributed by atoms with E-state index in [0.717, 1.165) is 24.3 Å². The summed E-state index contributed by atoms with van der Waals surface area (Å²) < 4.78 is 12.8. The zero-order valence-electron chi connectivity index (χ0n) is 11.6. The normalized spacial score (nSPS) is 28.2. The van der Waals surface area contributed by atoms with Gasteiger partial charge >= 0.3 is 0 Å². The Labute approximate surface area is 120 Å². The summed E-state index contributed by atoms with van der Waals surface area (Å²) in [4.78, 5) is 12.2. The highest BCUT2D eigenvalue weighted by Crippen LogP contribution is 2.39. The molecule has 21 heavy (non-hydrogen) atoms. The van der Waals surface area contributed by atoms with Gasteiger partial charge in [-0.05, 0) is 0 Å². The molecule has 0 spiro atoms. The van der Waals surface area contributed by atoms with Crippen LogP contribution in [0.4, 0.5) is 0 Å². The smallest absolute Gasteiger partial charge is 0.206 e. The maximum atomic E-state index is 12.2. The Bertz CT molecular complexity index is 742. The summed E-state index contributed by atoms with van der Waals surface area (Å²) in [6.45, 7) is 0. The van der Waals surface area contributed by atoms with Gasteiger partial charge in [0.15, 0.2) is 6.10 Å². The number of phenolic OH excluding ortho intramolecular Hbond substituents is 2. The molecule has 2 aliphatic rings. The molecule has 1 unspecified atom stereocenters. The van der Waals surface area contributed by atoms with E-state index < -0.39 is 23.7 Å². The fraction of sp³-hybridized carbons (Fsp3) is 0.133. The van der Waals surface area contributed by atoms with E-state index >= 15 is 0 Å². The number of rotatable bonds is 0. The number of hydrogen-bond acceptors (Lipinski definition) is 6. The van der Waals surface area contributed by atoms with Crippen molar-refractivity contribution in [3.05, 3.63) is 53.3 Å². The quantitative estimate of drug-likeness (QED) is 0.562. The Kier molecular flexibility index (Phi) is 2.77. The van der Waals surface area contributed by atoms with Gasteiger partial charge in [-0.25, -0.2) is 0 Å². The number of aromatic hydroxyl groups is 2. The molecule has 0 amide bonds. The van der Waals surface area contributed by atoms with Gasteiger partial charge in [0.25, 0.3) is 0 Å². The molecule has 0 bridgehead atoms. The van der Waals surface area contributed by atoms with Crippen molar-refractivity contribution in [2.45, 2.75) is 12.2 Å². The topological polar surface area (TPSA) is 107 Å². The monoisotopic (exact) mass is 289 g/mol. The lowest BCUT2D eigenvalue weighted by Gasteiger charge is -2.25. The number of allylic oxidation sites excluding steroid dienone is 3. The highest BCUT2D eigenvalue weighted by Gasteiger charge is 2.36. The van der Waals surface area contributed by atoms with Crippen LogP contribution in [0.2, 0.25) is 0 Å². The molecule has 108 valence electrons. The van der Waals surface area contributed by atoms with E-state index in [1.54, 1.807) is 0 Å². The molecule has 1 heterocycles. The average Bonchev–Trinajstić information content (AvgIpc) is 2.42. The maximum Gasteiger partial charge on any atom is 0.206 e. The molecule has 1 atom stereocenters. The second kappa shape index (κ2) is 4.76. The summed E-state index contributed by atoms with van der Waals surface area (Å²) in [6.07, 6.45) is 1.50. The fourth-order valence-electron chi connectivity index (χ4n) is 2.19. The molecule has 0 aromatic heterocycles. The summed E-state index contributed by atoms with van der Waals surface area (Å²) in [5, 5.41) is 38.7. The summed E-state index contributed by atoms with van der Waals surface area (Å²) in [5.74, 6) is -1.73. The van der Waals surface area contributed by atoms with Gasteiger partial charge in [0.1, 0.15) is 28.6 Å². The first-order valence-electron chi connectivity index (χ1n) is 6.59. The molecule has 0 saturated carbocycles. The fourth-order valence-corrected chi connectivity index (χ4v) is 2.19. The third-order valence-corrected chi connectivity index (χ3v) is 3.18. The van der Waals surface area contributed by atoms with E-state index in [4.69, 9.17) is 6.11 Å². The van der Waals surface area contributed by atoms with Crippen LogP contribution < -0.4 is 4.74 Å². The number of benzene rings is 1. The van der Waals surface area contributed by atoms with Crippen molar-refractivity contribution < 1.29 is 31.3 Å². The van der Waals surface area contributed by atoms with E-state index in [1.807, 2.05) is 0 Å². The predicted octanol–water partition coefficient (Wildman–Crippen LogP) is 0.775. The summed E-state index contributed by atoms with van der Waals surface area (Å²) in [5.41, 5.74) is 0.0849. The Hall–Kier alpha value is -2.57. The van der Waals surface area contributed by atoms with E-state index in [-0.39, 0.29) is 22.8 Å². The van der Waals surface area contributed by atoms with Crippen LogP contribution in [0.5, 0.6) is 17.2 Å². The van der Waals surface area contributed by atoms with Crippen LogP contribution in [0.3, 0.4) is 0 Å². The highest BCUT2D eigenvalue weighted by atomic mass is 16.5. The van der Waals surface area contributed by atoms with Gasteiger partial charge in [-0.2, -0.15) is 0 Å². The second-order valence-electron chi connectivity index (χ2n) is 4.62. The number of ketones is 1. The number of ether oxygens (including phenoxy) is 1. The zero-order valence-corrected chi connectivity index (χ0v) is 10.6. The predicted molar refractivity (Wildman–Crippen MR) is 72.0 cm³/mol. The highest BCUT2D eigenvalue weighted by molar-refractivity contribution is 6.07. The number of Topliss-reactive ketones (excluding diaryl/α,β-unsaturated/α-hetero) is 1. The van der Waals surface area contributed by atoms with Gasteiger partial charge in [-0.15, -0.1) is 0 Å². The minimum atomic E-state index is -1.86. The van der Waals surface area contributed by atoms with Crippen LogP contribution in [0.15, 0.2) is 47.8 Å². The van der Waals surface area contributed by atoms with Crippen LogP contribution in [-0.4, -0.2) is 38.4 Å². The standard InChI is InChI=1S/C15H12O6/c16-8-3-1-7(2-4-8)15-14(20)13(19)12-10(18)5-9(17)6-11(12)21-15/h1-6,8,14,16-18,20H/i8D. The van der Waals surface area contributed by atoms with Crippen molar-refractivity contribution in [1.82, 2.24) is 0 Å². The minimum Gasteiger partial charge on any atom is -0.508 e. The van der Waals surface area contributed by atoms with Gasteiger partial charge in [0.05, 0.1) is 7.45 Å². The van der Waals surface area contributed by atoms with Crippen LogP contribution >= 0.6 is 0 Å². The van der Waals surface area contributed by atoms with E-state index in [2.05, 4.69) is 0 Å². The molecule has 0 fully saturated rings. The number of carbonyl (C=O) groups excluding carboxylic acids is 1. The number of hydrogen-bond donors (Lipinski definition) is 4. The molecule has 3 rings (SSSR count). The zero-order chi connectivity index (χ0) is 16.1. The summed E-state index contributed by atoms with van der Waals surface area (Å²) >= 11 is 0. The first-order chi connectivity index (χ1) is 10.3. The SMILES string of the molecule is [2H]C1(O)C=CC(=C2Oc3cc(O)cc(O)c3C(=O)C2O)C=C1. The van der Waals surface area contributed by atoms with E-state index in [1.165, 1.54) is 12.2 Å². The Morgan fingerprint density at radius 3 is 2.48 bits per heavy atom. The number of aliphatic hydroxyl groups is 2.